The van der Waals surface area contributed by atoms with E-state index in [1.165, 1.54) is 7.11 Å². The lowest BCUT2D eigenvalue weighted by Crippen LogP contribution is -2.18. The monoisotopic (exact) mass is 234 g/mol. The second-order valence-corrected chi connectivity index (χ2v) is 3.19. The van der Waals surface area contributed by atoms with Crippen LogP contribution in [0, 0.1) is 0 Å². The fourth-order valence-electron chi connectivity index (χ4n) is 1.26. The van der Waals surface area contributed by atoms with Crippen LogP contribution in [0.1, 0.15) is 10.4 Å². The second-order valence-electron chi connectivity index (χ2n) is 3.19. The lowest BCUT2D eigenvalue weighted by atomic mass is 10.1. The van der Waals surface area contributed by atoms with Crippen molar-refractivity contribution in [3.05, 3.63) is 36.4 Å². The van der Waals surface area contributed by atoms with E-state index in [2.05, 4.69) is 17.2 Å². The summed E-state index contributed by atoms with van der Waals surface area (Å²) in [7, 11) is 3.01. The Morgan fingerprint density at radius 3 is 2.65 bits per heavy atom. The molecule has 5 nitrogen and oxygen atoms in total. The molecule has 0 aromatic heterocycles. The Kier molecular flexibility index (Phi) is 4.28. The number of ether oxygens (including phenoxy) is 1. The van der Waals surface area contributed by atoms with Crippen LogP contribution in [0.3, 0.4) is 0 Å². The summed E-state index contributed by atoms with van der Waals surface area (Å²) in [5, 5.41) is 5.09. The highest BCUT2D eigenvalue weighted by Crippen LogP contribution is 2.25. The molecule has 0 spiro atoms. The molecule has 0 atom stereocenters. The van der Waals surface area contributed by atoms with Crippen LogP contribution in [0.2, 0.25) is 0 Å². The van der Waals surface area contributed by atoms with Gasteiger partial charge in [0.15, 0.2) is 0 Å². The van der Waals surface area contributed by atoms with Gasteiger partial charge in [0, 0.05) is 12.6 Å². The highest BCUT2D eigenvalue weighted by molar-refractivity contribution is 6.01. The number of anilines is 1. The number of hydrogen-bond acceptors (Lipinski definition) is 3. The van der Waals surface area contributed by atoms with Gasteiger partial charge in [-0.05, 0) is 24.3 Å². The van der Waals surface area contributed by atoms with Crippen molar-refractivity contribution in [1.82, 2.24) is 5.32 Å². The topological polar surface area (TPSA) is 67.4 Å². The van der Waals surface area contributed by atoms with E-state index in [4.69, 9.17) is 4.74 Å². The molecule has 0 fully saturated rings. The Morgan fingerprint density at radius 1 is 1.41 bits per heavy atom. The molecule has 1 aromatic carbocycles. The predicted octanol–water partition coefficient (Wildman–Crippen LogP) is 1.18. The summed E-state index contributed by atoms with van der Waals surface area (Å²) in [5.74, 6) is -0.137. The minimum Gasteiger partial charge on any atom is -0.495 e. The first-order valence-electron chi connectivity index (χ1n) is 4.96. The van der Waals surface area contributed by atoms with Crippen LogP contribution in [0.5, 0.6) is 5.75 Å². The molecular formula is C12H14N2O3. The standard InChI is InChI=1S/C12H14N2O3/c1-4-11(15)14-9-6-5-8(12(16)13-2)7-10(9)17-3/h4-7H,1H2,2-3H3,(H,13,16)(H,14,15). The summed E-state index contributed by atoms with van der Waals surface area (Å²) in [6, 6.07) is 4.75. The van der Waals surface area contributed by atoms with Crippen LogP contribution < -0.4 is 15.4 Å². The molecule has 5 heteroatoms. The van der Waals surface area contributed by atoms with Crippen molar-refractivity contribution in [3.8, 4) is 5.75 Å². The van der Waals surface area contributed by atoms with Gasteiger partial charge < -0.3 is 15.4 Å². The first-order valence-corrected chi connectivity index (χ1v) is 4.96. The van der Waals surface area contributed by atoms with E-state index in [1.807, 2.05) is 0 Å². The van der Waals surface area contributed by atoms with Crippen LogP contribution in [0.4, 0.5) is 5.69 Å². The Balaban J connectivity index is 3.05. The van der Waals surface area contributed by atoms with Crippen molar-refractivity contribution in [2.45, 2.75) is 0 Å². The van der Waals surface area contributed by atoms with Crippen molar-refractivity contribution in [3.63, 3.8) is 0 Å². The van der Waals surface area contributed by atoms with Gasteiger partial charge >= 0.3 is 0 Å². The van der Waals surface area contributed by atoms with E-state index >= 15 is 0 Å². The van der Waals surface area contributed by atoms with Crippen LogP contribution in [0.15, 0.2) is 30.9 Å². The number of carbonyl (C=O) groups is 2. The molecular weight excluding hydrogens is 220 g/mol. The maximum atomic E-state index is 11.4. The number of nitrogens with one attached hydrogen (secondary N) is 2. The Hall–Kier alpha value is -2.30. The minimum absolute atomic E-state index is 0.218. The Bertz CT molecular complexity index is 455. The summed E-state index contributed by atoms with van der Waals surface area (Å²) in [6.45, 7) is 3.35. The molecule has 0 bridgehead atoms. The van der Waals surface area contributed by atoms with E-state index < -0.39 is 0 Å². The number of hydrogen-bond donors (Lipinski definition) is 2. The third-order valence-corrected chi connectivity index (χ3v) is 2.13. The molecule has 0 radical (unpaired) electrons. The summed E-state index contributed by atoms with van der Waals surface area (Å²) in [5.41, 5.74) is 0.950. The average Bonchev–Trinajstić information content (AvgIpc) is 2.37. The number of carbonyl (C=O) groups excluding carboxylic acids is 2. The predicted molar refractivity (Wildman–Crippen MR) is 65.2 cm³/mol. The van der Waals surface area contributed by atoms with Crippen molar-refractivity contribution < 1.29 is 14.3 Å². The highest BCUT2D eigenvalue weighted by Gasteiger charge is 2.09. The van der Waals surface area contributed by atoms with E-state index in [9.17, 15) is 9.59 Å². The molecule has 0 aliphatic rings. The SMILES string of the molecule is C=CC(=O)Nc1ccc(C(=O)NC)cc1OC. The van der Waals surface area contributed by atoms with Gasteiger partial charge in [-0.3, -0.25) is 9.59 Å². The quantitative estimate of drug-likeness (QED) is 0.769. The number of methoxy groups -OCH3 is 1. The molecule has 2 N–H and O–H groups in total. The fraction of sp³-hybridized carbons (Fsp3) is 0.167. The van der Waals surface area contributed by atoms with Crippen molar-refractivity contribution in [1.29, 1.82) is 0 Å². The minimum atomic E-state index is -0.337. The molecule has 17 heavy (non-hydrogen) atoms. The lowest BCUT2D eigenvalue weighted by molar-refractivity contribution is -0.111. The zero-order valence-electron chi connectivity index (χ0n) is 9.74. The molecule has 90 valence electrons. The molecule has 2 amide bonds. The smallest absolute Gasteiger partial charge is 0.251 e. The summed E-state index contributed by atoms with van der Waals surface area (Å²) in [4.78, 5) is 22.6. The van der Waals surface area contributed by atoms with E-state index in [0.717, 1.165) is 6.08 Å². The number of rotatable bonds is 4. The lowest BCUT2D eigenvalue weighted by Gasteiger charge is -2.10. The third-order valence-electron chi connectivity index (χ3n) is 2.13. The van der Waals surface area contributed by atoms with E-state index in [-0.39, 0.29) is 11.8 Å². The van der Waals surface area contributed by atoms with Crippen LogP contribution in [-0.4, -0.2) is 26.0 Å². The maximum Gasteiger partial charge on any atom is 0.251 e. The average molecular weight is 234 g/mol. The van der Waals surface area contributed by atoms with Crippen LogP contribution >= 0.6 is 0 Å². The zero-order valence-corrected chi connectivity index (χ0v) is 9.74. The molecule has 1 aromatic rings. The first kappa shape index (κ1) is 12.8. The second kappa shape index (κ2) is 5.69. The third kappa shape index (κ3) is 3.07. The van der Waals surface area contributed by atoms with Gasteiger partial charge in [0.05, 0.1) is 12.8 Å². The largest absolute Gasteiger partial charge is 0.495 e. The maximum absolute atomic E-state index is 11.4. The fourth-order valence-corrected chi connectivity index (χ4v) is 1.26. The van der Waals surface area contributed by atoms with Crippen molar-refractivity contribution in [2.75, 3.05) is 19.5 Å². The van der Waals surface area contributed by atoms with Gasteiger partial charge in [0.1, 0.15) is 5.75 Å². The molecule has 0 heterocycles. The van der Waals surface area contributed by atoms with Crippen molar-refractivity contribution >= 4 is 17.5 Å². The zero-order chi connectivity index (χ0) is 12.8. The Labute approximate surface area is 99.5 Å². The van der Waals surface area contributed by atoms with Gasteiger partial charge in [0.25, 0.3) is 5.91 Å². The normalized spacial score (nSPS) is 9.29. The molecule has 0 aliphatic carbocycles. The molecule has 1 rings (SSSR count). The van der Waals surface area contributed by atoms with Gasteiger partial charge in [-0.2, -0.15) is 0 Å². The highest BCUT2D eigenvalue weighted by atomic mass is 16.5. The molecule has 0 saturated heterocycles. The summed E-state index contributed by atoms with van der Waals surface area (Å²) >= 11 is 0. The van der Waals surface area contributed by atoms with Crippen LogP contribution in [0.25, 0.3) is 0 Å². The van der Waals surface area contributed by atoms with Gasteiger partial charge in [-0.25, -0.2) is 0 Å². The molecule has 0 aliphatic heterocycles. The van der Waals surface area contributed by atoms with E-state index in [0.29, 0.717) is 17.0 Å². The molecule has 0 unspecified atom stereocenters. The summed E-state index contributed by atoms with van der Waals surface area (Å²) in [6.07, 6.45) is 1.16. The van der Waals surface area contributed by atoms with Gasteiger partial charge in [-0.15, -0.1) is 0 Å². The molecule has 0 saturated carbocycles. The first-order chi connectivity index (χ1) is 8.12. The van der Waals surface area contributed by atoms with E-state index in [1.54, 1.807) is 25.2 Å². The van der Waals surface area contributed by atoms with Crippen molar-refractivity contribution in [2.24, 2.45) is 0 Å². The van der Waals surface area contributed by atoms with Gasteiger partial charge in [0.2, 0.25) is 5.91 Å². The number of benzene rings is 1. The van der Waals surface area contributed by atoms with Crippen LogP contribution in [-0.2, 0) is 4.79 Å². The summed E-state index contributed by atoms with van der Waals surface area (Å²) < 4.78 is 5.10. The number of amides is 2. The Morgan fingerprint density at radius 2 is 2.12 bits per heavy atom. The van der Waals surface area contributed by atoms with Gasteiger partial charge in [-0.1, -0.05) is 6.58 Å².